The number of fused-ring (bicyclic) bond motifs is 1. The summed E-state index contributed by atoms with van der Waals surface area (Å²) in [7, 11) is 0. The van der Waals surface area contributed by atoms with Crippen LogP contribution < -0.4 is 10.6 Å². The zero-order valence-electron chi connectivity index (χ0n) is 15.6. The first-order valence-electron chi connectivity index (χ1n) is 9.46. The van der Waals surface area contributed by atoms with E-state index >= 15 is 0 Å². The van der Waals surface area contributed by atoms with Gasteiger partial charge in [0.1, 0.15) is 6.10 Å². The van der Waals surface area contributed by atoms with Gasteiger partial charge in [-0.3, -0.25) is 9.67 Å². The minimum absolute atomic E-state index is 0.0592. The van der Waals surface area contributed by atoms with Crippen LogP contribution in [0, 0.1) is 0 Å². The molecule has 0 radical (unpaired) electrons. The van der Waals surface area contributed by atoms with Crippen molar-refractivity contribution in [2.45, 2.75) is 58.2 Å². The Morgan fingerprint density at radius 3 is 3.04 bits per heavy atom. The number of aromatic nitrogens is 2. The Balaban J connectivity index is 1.58. The van der Waals surface area contributed by atoms with Gasteiger partial charge in [-0.1, -0.05) is 0 Å². The maximum Gasteiger partial charge on any atom is 0.191 e. The minimum atomic E-state index is 0.0592. The van der Waals surface area contributed by atoms with Gasteiger partial charge in [0.05, 0.1) is 32.1 Å². The van der Waals surface area contributed by atoms with E-state index in [-0.39, 0.29) is 6.10 Å². The van der Waals surface area contributed by atoms with Crippen LogP contribution in [0.5, 0.6) is 0 Å². The van der Waals surface area contributed by atoms with E-state index in [0.717, 1.165) is 31.8 Å². The summed E-state index contributed by atoms with van der Waals surface area (Å²) in [6, 6.07) is 0.776. The van der Waals surface area contributed by atoms with Crippen molar-refractivity contribution in [3.63, 3.8) is 0 Å². The normalized spacial score (nSPS) is 24.2. The predicted octanol–water partition coefficient (Wildman–Crippen LogP) is 1.29. The van der Waals surface area contributed by atoms with Crippen molar-refractivity contribution in [3.05, 3.63) is 17.5 Å². The fraction of sp³-hybridized carbons (Fsp3) is 0.778. The van der Waals surface area contributed by atoms with Gasteiger partial charge in [0, 0.05) is 31.2 Å². The molecule has 0 spiro atoms. The van der Waals surface area contributed by atoms with E-state index in [1.54, 1.807) is 0 Å². The highest BCUT2D eigenvalue weighted by molar-refractivity contribution is 5.80. The molecule has 2 N–H and O–H groups in total. The van der Waals surface area contributed by atoms with Crippen molar-refractivity contribution in [1.82, 2.24) is 20.4 Å². The third-order valence-corrected chi connectivity index (χ3v) is 4.65. The number of guanidine groups is 1. The van der Waals surface area contributed by atoms with E-state index in [1.807, 2.05) is 0 Å². The van der Waals surface area contributed by atoms with Crippen molar-refractivity contribution in [3.8, 4) is 0 Å². The van der Waals surface area contributed by atoms with Gasteiger partial charge in [0.15, 0.2) is 5.96 Å². The fourth-order valence-corrected chi connectivity index (χ4v) is 3.25. The number of aryl methyl sites for hydroxylation is 1. The number of rotatable bonds is 5. The second kappa shape index (κ2) is 8.67. The van der Waals surface area contributed by atoms with E-state index in [2.05, 4.69) is 47.3 Å². The average molecular weight is 349 g/mol. The van der Waals surface area contributed by atoms with Gasteiger partial charge in [-0.15, -0.1) is 0 Å². The highest BCUT2D eigenvalue weighted by Gasteiger charge is 2.23. The fourth-order valence-electron chi connectivity index (χ4n) is 3.25. The summed E-state index contributed by atoms with van der Waals surface area (Å²) in [5.74, 6) is 0.855. The van der Waals surface area contributed by atoms with Crippen molar-refractivity contribution in [2.75, 3.05) is 32.9 Å². The van der Waals surface area contributed by atoms with Gasteiger partial charge in [-0.25, -0.2) is 0 Å². The van der Waals surface area contributed by atoms with Crippen molar-refractivity contribution >= 4 is 5.96 Å². The lowest BCUT2D eigenvalue weighted by atomic mass is 9.94. The van der Waals surface area contributed by atoms with Crippen LogP contribution in [-0.2, 0) is 22.3 Å². The summed E-state index contributed by atoms with van der Waals surface area (Å²) in [5, 5.41) is 11.7. The van der Waals surface area contributed by atoms with Crippen LogP contribution in [0.4, 0.5) is 0 Å². The number of nitrogens with one attached hydrogen (secondary N) is 2. The molecule has 0 aromatic carbocycles. The van der Waals surface area contributed by atoms with Crippen LogP contribution >= 0.6 is 0 Å². The first-order valence-corrected chi connectivity index (χ1v) is 9.46. The summed E-state index contributed by atoms with van der Waals surface area (Å²) in [6.45, 7) is 9.86. The standard InChI is InChI=1S/C18H31N5O2/c1-4-19-18(20-10-16-12-24-7-8-25-16)21-15-6-5-14-11-23(13(2)3)22-17(14)9-15/h11,13,15-16H,4-10,12H2,1-3H3,(H2,19,20,21). The average Bonchev–Trinajstić information content (AvgIpc) is 3.04. The molecule has 3 rings (SSSR count). The Hall–Kier alpha value is -1.60. The van der Waals surface area contributed by atoms with Gasteiger partial charge in [-0.2, -0.15) is 5.10 Å². The summed E-state index contributed by atoms with van der Waals surface area (Å²) < 4.78 is 13.2. The Labute approximate surface area is 150 Å². The molecule has 2 unspecified atom stereocenters. The van der Waals surface area contributed by atoms with Gasteiger partial charge in [-0.05, 0) is 39.2 Å². The first kappa shape index (κ1) is 18.2. The highest BCUT2D eigenvalue weighted by Crippen LogP contribution is 2.21. The first-order chi connectivity index (χ1) is 12.2. The van der Waals surface area contributed by atoms with Crippen LogP contribution in [0.3, 0.4) is 0 Å². The molecule has 1 fully saturated rings. The molecule has 1 aliphatic carbocycles. The van der Waals surface area contributed by atoms with Gasteiger partial charge in [0.25, 0.3) is 0 Å². The molecule has 1 aromatic rings. The van der Waals surface area contributed by atoms with Crippen molar-refractivity contribution < 1.29 is 9.47 Å². The Bertz CT molecular complexity index is 578. The number of nitrogens with zero attached hydrogens (tertiary/aromatic N) is 3. The summed E-state index contributed by atoms with van der Waals surface area (Å²) in [6.07, 6.45) is 5.38. The van der Waals surface area contributed by atoms with Crippen LogP contribution in [0.25, 0.3) is 0 Å². The van der Waals surface area contributed by atoms with Crippen LogP contribution in [0.2, 0.25) is 0 Å². The lowest BCUT2D eigenvalue weighted by Crippen LogP contribution is -2.46. The zero-order chi connectivity index (χ0) is 17.6. The third-order valence-electron chi connectivity index (χ3n) is 4.65. The van der Waals surface area contributed by atoms with E-state index in [1.165, 1.54) is 11.3 Å². The van der Waals surface area contributed by atoms with Gasteiger partial charge < -0.3 is 20.1 Å². The Morgan fingerprint density at radius 2 is 2.32 bits per heavy atom. The summed E-state index contributed by atoms with van der Waals surface area (Å²) >= 11 is 0. The third kappa shape index (κ3) is 4.95. The molecule has 0 bridgehead atoms. The van der Waals surface area contributed by atoms with Crippen LogP contribution in [0.15, 0.2) is 11.2 Å². The molecular weight excluding hydrogens is 318 g/mol. The molecule has 1 aliphatic heterocycles. The van der Waals surface area contributed by atoms with E-state index < -0.39 is 0 Å². The monoisotopic (exact) mass is 349 g/mol. The molecular formula is C18H31N5O2. The summed E-state index contributed by atoms with van der Waals surface area (Å²) in [5.41, 5.74) is 2.61. The van der Waals surface area contributed by atoms with Gasteiger partial charge >= 0.3 is 0 Å². The number of hydrogen-bond donors (Lipinski definition) is 2. The lowest BCUT2D eigenvalue weighted by Gasteiger charge is -2.25. The van der Waals surface area contributed by atoms with Crippen molar-refractivity contribution in [1.29, 1.82) is 0 Å². The van der Waals surface area contributed by atoms with E-state index in [0.29, 0.717) is 38.4 Å². The minimum Gasteiger partial charge on any atom is -0.376 e. The molecule has 2 atom stereocenters. The molecule has 1 aromatic heterocycles. The summed E-state index contributed by atoms with van der Waals surface area (Å²) in [4.78, 5) is 4.68. The second-order valence-electron chi connectivity index (χ2n) is 7.05. The molecule has 0 amide bonds. The van der Waals surface area contributed by atoms with Crippen LogP contribution in [0.1, 0.15) is 44.5 Å². The zero-order valence-corrected chi connectivity index (χ0v) is 15.6. The second-order valence-corrected chi connectivity index (χ2v) is 7.05. The molecule has 2 aliphatic rings. The molecule has 1 saturated heterocycles. The molecule has 7 heteroatoms. The van der Waals surface area contributed by atoms with Crippen molar-refractivity contribution in [2.24, 2.45) is 4.99 Å². The Morgan fingerprint density at radius 1 is 1.44 bits per heavy atom. The molecule has 0 saturated carbocycles. The topological polar surface area (TPSA) is 72.7 Å². The number of hydrogen-bond acceptors (Lipinski definition) is 4. The molecule has 2 heterocycles. The predicted molar refractivity (Wildman–Crippen MR) is 98.1 cm³/mol. The maximum atomic E-state index is 5.67. The number of aliphatic imine (C=N–C) groups is 1. The quantitative estimate of drug-likeness (QED) is 0.619. The van der Waals surface area contributed by atoms with Crippen LogP contribution in [-0.4, -0.2) is 60.8 Å². The lowest BCUT2D eigenvalue weighted by molar-refractivity contribution is -0.0832. The smallest absolute Gasteiger partial charge is 0.191 e. The largest absolute Gasteiger partial charge is 0.376 e. The Kier molecular flexibility index (Phi) is 6.31. The molecule has 140 valence electrons. The number of ether oxygens (including phenoxy) is 2. The molecule has 7 nitrogen and oxygen atoms in total. The van der Waals surface area contributed by atoms with E-state index in [9.17, 15) is 0 Å². The highest BCUT2D eigenvalue weighted by atomic mass is 16.6. The van der Waals surface area contributed by atoms with E-state index in [4.69, 9.17) is 14.6 Å². The molecule has 25 heavy (non-hydrogen) atoms. The maximum absolute atomic E-state index is 5.67. The van der Waals surface area contributed by atoms with Gasteiger partial charge in [0.2, 0.25) is 0 Å². The SMILES string of the molecule is CCNC(=NCC1COCCO1)NC1CCc2cn(C(C)C)nc2C1.